The highest BCUT2D eigenvalue weighted by Crippen LogP contribution is 2.31. The zero-order valence-electron chi connectivity index (χ0n) is 16.5. The average molecular weight is 398 g/mol. The van der Waals surface area contributed by atoms with E-state index in [0.717, 1.165) is 5.56 Å². The molecule has 152 valence electrons. The molecule has 0 saturated heterocycles. The predicted octanol–water partition coefficient (Wildman–Crippen LogP) is 1.90. The van der Waals surface area contributed by atoms with Crippen LogP contribution in [0.3, 0.4) is 0 Å². The molecule has 0 saturated carbocycles. The third-order valence-corrected chi connectivity index (χ3v) is 4.25. The highest BCUT2D eigenvalue weighted by Gasteiger charge is 2.16. The van der Waals surface area contributed by atoms with Gasteiger partial charge in [0.05, 0.1) is 30.2 Å². The third-order valence-electron chi connectivity index (χ3n) is 4.25. The van der Waals surface area contributed by atoms with Gasteiger partial charge in [-0.3, -0.25) is 19.6 Å². The molecule has 3 N–H and O–H groups in total. The van der Waals surface area contributed by atoms with Crippen molar-refractivity contribution >= 4 is 16.9 Å². The Kier molecular flexibility index (Phi) is 5.67. The van der Waals surface area contributed by atoms with Crippen LogP contribution < -0.4 is 26.0 Å². The molecule has 2 aromatic heterocycles. The van der Waals surface area contributed by atoms with Gasteiger partial charge >= 0.3 is 5.69 Å². The summed E-state index contributed by atoms with van der Waals surface area (Å²) in [5.41, 5.74) is -0.117. The Morgan fingerprint density at radius 2 is 1.86 bits per heavy atom. The number of ether oxygens (including phenoxy) is 2. The SMILES string of the molecule is COc1cc(C(C)NC(=O)c2cnc3[nH]c(=O)[nH]c(=O)c3c2)ccc1OC(C)C. The van der Waals surface area contributed by atoms with Crippen molar-refractivity contribution in [2.45, 2.75) is 32.9 Å². The molecule has 0 spiro atoms. The van der Waals surface area contributed by atoms with Gasteiger partial charge in [0.25, 0.3) is 11.5 Å². The Morgan fingerprint density at radius 1 is 1.10 bits per heavy atom. The van der Waals surface area contributed by atoms with E-state index in [1.165, 1.54) is 12.3 Å². The smallest absolute Gasteiger partial charge is 0.327 e. The first-order chi connectivity index (χ1) is 13.8. The minimum Gasteiger partial charge on any atom is -0.493 e. The van der Waals surface area contributed by atoms with Crippen LogP contribution in [0.1, 0.15) is 42.7 Å². The number of carbonyl (C=O) groups is 1. The van der Waals surface area contributed by atoms with Crippen LogP contribution in [0.5, 0.6) is 11.5 Å². The minimum absolute atomic E-state index is 0.00497. The van der Waals surface area contributed by atoms with E-state index in [-0.39, 0.29) is 28.7 Å². The standard InChI is InChI=1S/C20H22N4O5/c1-10(2)29-15-6-5-12(8-16(15)28-4)11(3)22-18(25)13-7-14-17(21-9-13)23-20(27)24-19(14)26/h5-11H,1-4H3,(H,22,25)(H2,21,23,24,26,27). The lowest BCUT2D eigenvalue weighted by atomic mass is 10.1. The second kappa shape index (κ2) is 8.17. The fourth-order valence-corrected chi connectivity index (χ4v) is 2.84. The number of carbonyl (C=O) groups excluding carboxylic acids is 1. The Balaban J connectivity index is 1.82. The van der Waals surface area contributed by atoms with Crippen molar-refractivity contribution in [2.75, 3.05) is 7.11 Å². The van der Waals surface area contributed by atoms with Crippen LogP contribution in [-0.2, 0) is 0 Å². The largest absolute Gasteiger partial charge is 0.493 e. The first kappa shape index (κ1) is 20.1. The lowest BCUT2D eigenvalue weighted by Gasteiger charge is -2.18. The number of nitrogens with one attached hydrogen (secondary N) is 3. The van der Waals surface area contributed by atoms with Gasteiger partial charge in [-0.1, -0.05) is 6.07 Å². The van der Waals surface area contributed by atoms with Crippen molar-refractivity contribution in [2.24, 2.45) is 0 Å². The number of amides is 1. The van der Waals surface area contributed by atoms with E-state index in [4.69, 9.17) is 9.47 Å². The van der Waals surface area contributed by atoms with Gasteiger partial charge in [-0.15, -0.1) is 0 Å². The lowest BCUT2D eigenvalue weighted by Crippen LogP contribution is -2.28. The van der Waals surface area contributed by atoms with E-state index in [2.05, 4.69) is 20.3 Å². The molecule has 0 aliphatic heterocycles. The summed E-state index contributed by atoms with van der Waals surface area (Å²) in [6.45, 7) is 5.68. The molecule has 0 aliphatic carbocycles. The van der Waals surface area contributed by atoms with Crippen molar-refractivity contribution in [1.82, 2.24) is 20.3 Å². The second-order valence-electron chi connectivity index (χ2n) is 6.80. The van der Waals surface area contributed by atoms with Gasteiger partial charge < -0.3 is 14.8 Å². The number of aromatic nitrogens is 3. The van der Waals surface area contributed by atoms with Gasteiger partial charge in [0.15, 0.2) is 11.5 Å². The van der Waals surface area contributed by atoms with E-state index in [9.17, 15) is 14.4 Å². The number of pyridine rings is 1. The topological polar surface area (TPSA) is 126 Å². The minimum atomic E-state index is -0.653. The van der Waals surface area contributed by atoms with Crippen molar-refractivity contribution in [1.29, 1.82) is 0 Å². The quantitative estimate of drug-likeness (QED) is 0.582. The van der Waals surface area contributed by atoms with Crippen LogP contribution in [0.25, 0.3) is 11.0 Å². The van der Waals surface area contributed by atoms with E-state index < -0.39 is 17.2 Å². The average Bonchev–Trinajstić information content (AvgIpc) is 2.67. The molecule has 1 atom stereocenters. The van der Waals surface area contributed by atoms with Gasteiger partial charge in [-0.05, 0) is 44.5 Å². The molecule has 0 fully saturated rings. The van der Waals surface area contributed by atoms with E-state index in [1.54, 1.807) is 19.2 Å². The number of hydrogen-bond acceptors (Lipinski definition) is 6. The fraction of sp³-hybridized carbons (Fsp3) is 0.300. The van der Waals surface area contributed by atoms with Gasteiger partial charge in [0, 0.05) is 6.20 Å². The Hall–Kier alpha value is -3.62. The van der Waals surface area contributed by atoms with Crippen molar-refractivity contribution in [3.8, 4) is 11.5 Å². The fourth-order valence-electron chi connectivity index (χ4n) is 2.84. The number of nitrogens with zero attached hydrogens (tertiary/aromatic N) is 1. The molecule has 29 heavy (non-hydrogen) atoms. The van der Waals surface area contributed by atoms with E-state index in [0.29, 0.717) is 11.5 Å². The normalized spacial score (nSPS) is 12.0. The molecule has 1 amide bonds. The number of aromatic amines is 2. The summed E-state index contributed by atoms with van der Waals surface area (Å²) in [4.78, 5) is 44.4. The summed E-state index contributed by atoms with van der Waals surface area (Å²) in [5, 5.41) is 2.99. The summed E-state index contributed by atoms with van der Waals surface area (Å²) in [5.74, 6) is 0.788. The maximum Gasteiger partial charge on any atom is 0.327 e. The molecule has 3 aromatic rings. The Morgan fingerprint density at radius 3 is 2.55 bits per heavy atom. The van der Waals surface area contributed by atoms with Crippen molar-refractivity contribution in [3.63, 3.8) is 0 Å². The van der Waals surface area contributed by atoms with Crippen molar-refractivity contribution < 1.29 is 14.3 Å². The Labute approximate surface area is 166 Å². The van der Waals surface area contributed by atoms with Gasteiger partial charge in [-0.25, -0.2) is 9.78 Å². The maximum absolute atomic E-state index is 12.6. The summed E-state index contributed by atoms with van der Waals surface area (Å²) in [7, 11) is 1.55. The molecule has 3 rings (SSSR count). The van der Waals surface area contributed by atoms with Crippen LogP contribution in [0.15, 0.2) is 40.1 Å². The Bertz CT molecular complexity index is 1170. The number of rotatable bonds is 6. The number of H-pyrrole nitrogens is 2. The van der Waals surface area contributed by atoms with Gasteiger partial charge in [0.2, 0.25) is 0 Å². The van der Waals surface area contributed by atoms with Crippen LogP contribution in [0, 0.1) is 0 Å². The molecule has 0 bridgehead atoms. The summed E-state index contributed by atoms with van der Waals surface area (Å²) in [6, 6.07) is 6.49. The van der Waals surface area contributed by atoms with Gasteiger partial charge in [0.1, 0.15) is 5.65 Å². The highest BCUT2D eigenvalue weighted by molar-refractivity contribution is 5.96. The zero-order valence-corrected chi connectivity index (χ0v) is 16.5. The van der Waals surface area contributed by atoms with Crippen LogP contribution in [0.2, 0.25) is 0 Å². The number of benzene rings is 1. The van der Waals surface area contributed by atoms with Gasteiger partial charge in [-0.2, -0.15) is 0 Å². The summed E-state index contributed by atoms with van der Waals surface area (Å²) < 4.78 is 11.1. The lowest BCUT2D eigenvalue weighted by molar-refractivity contribution is 0.0939. The molecule has 1 aromatic carbocycles. The first-order valence-corrected chi connectivity index (χ1v) is 9.06. The predicted molar refractivity (Wildman–Crippen MR) is 108 cm³/mol. The number of fused-ring (bicyclic) bond motifs is 1. The van der Waals surface area contributed by atoms with Crippen LogP contribution in [-0.4, -0.2) is 34.1 Å². The molecular weight excluding hydrogens is 376 g/mol. The van der Waals surface area contributed by atoms with Crippen LogP contribution in [0.4, 0.5) is 0 Å². The highest BCUT2D eigenvalue weighted by atomic mass is 16.5. The molecule has 9 nitrogen and oxygen atoms in total. The summed E-state index contributed by atoms with van der Waals surface area (Å²) in [6.07, 6.45) is 1.31. The molecule has 0 aliphatic rings. The van der Waals surface area contributed by atoms with Crippen molar-refractivity contribution in [3.05, 3.63) is 62.4 Å². The number of hydrogen-bond donors (Lipinski definition) is 3. The van der Waals surface area contributed by atoms with E-state index >= 15 is 0 Å². The zero-order chi connectivity index (χ0) is 21.1. The molecule has 1 unspecified atom stereocenters. The molecule has 0 radical (unpaired) electrons. The molecular formula is C20H22N4O5. The maximum atomic E-state index is 12.6. The monoisotopic (exact) mass is 398 g/mol. The number of methoxy groups -OCH3 is 1. The third kappa shape index (κ3) is 4.45. The molecule has 2 heterocycles. The second-order valence-corrected chi connectivity index (χ2v) is 6.80. The van der Waals surface area contributed by atoms with Crippen LogP contribution >= 0.6 is 0 Å². The summed E-state index contributed by atoms with van der Waals surface area (Å²) >= 11 is 0. The molecule has 9 heteroatoms. The van der Waals surface area contributed by atoms with E-state index in [1.807, 2.05) is 26.8 Å². The first-order valence-electron chi connectivity index (χ1n) is 9.06.